The first kappa shape index (κ1) is 9.99. The van der Waals surface area contributed by atoms with Gasteiger partial charge in [-0.1, -0.05) is 66.6 Å². The smallest absolute Gasteiger partial charge is 0.0294 e. The van der Waals surface area contributed by atoms with E-state index in [0.29, 0.717) is 0 Å². The van der Waals surface area contributed by atoms with Crippen LogP contribution in [0.5, 0.6) is 0 Å². The van der Waals surface area contributed by atoms with Gasteiger partial charge in [-0.05, 0) is 17.2 Å². The van der Waals surface area contributed by atoms with Crippen molar-refractivity contribution in [3.05, 3.63) is 33.8 Å². The van der Waals surface area contributed by atoms with E-state index in [-0.39, 0.29) is 0 Å². The quantitative estimate of drug-likeness (QED) is 0.523. The van der Waals surface area contributed by atoms with Crippen LogP contribution in [0.25, 0.3) is 0 Å². The van der Waals surface area contributed by atoms with Gasteiger partial charge in [0.15, 0.2) is 0 Å². The fourth-order valence-electron chi connectivity index (χ4n) is 0.782. The maximum absolute atomic E-state index is 3.51. The molecule has 1 rings (SSSR count). The van der Waals surface area contributed by atoms with Gasteiger partial charge in [0.05, 0.1) is 0 Å². The first-order valence-electron chi connectivity index (χ1n) is 3.17. The Kier molecular flexibility index (Phi) is 4.38. The lowest BCUT2D eigenvalue weighted by Gasteiger charge is -2.01. The van der Waals surface area contributed by atoms with Gasteiger partial charge in [0, 0.05) is 14.2 Å². The second-order valence-electron chi connectivity index (χ2n) is 2.19. The zero-order chi connectivity index (χ0) is 8.27. The van der Waals surface area contributed by atoms with Gasteiger partial charge >= 0.3 is 0 Å². The molecular weight excluding hydrogens is 383 g/mol. The summed E-state index contributed by atoms with van der Waals surface area (Å²) in [4.78, 5) is 0. The minimum atomic E-state index is 0.912. The van der Waals surface area contributed by atoms with Crippen molar-refractivity contribution in [3.8, 4) is 0 Å². The van der Waals surface area contributed by atoms with Crippen LogP contribution in [0.3, 0.4) is 0 Å². The van der Waals surface area contributed by atoms with Gasteiger partial charge in [-0.2, -0.15) is 0 Å². The lowest BCUT2D eigenvalue weighted by molar-refractivity contribution is 1.34. The summed E-state index contributed by atoms with van der Waals surface area (Å²) in [5, 5.41) is 0.912. The second kappa shape index (κ2) is 4.82. The van der Waals surface area contributed by atoms with Crippen molar-refractivity contribution < 1.29 is 0 Å². The molecular formula is C8H7Br2I. The van der Waals surface area contributed by atoms with Crippen molar-refractivity contribution in [1.29, 1.82) is 0 Å². The minimum absolute atomic E-state index is 0.912. The normalized spacial score (nSPS) is 10.1. The van der Waals surface area contributed by atoms with E-state index in [0.717, 1.165) is 9.76 Å². The molecule has 0 aliphatic heterocycles. The Morgan fingerprint density at radius 1 is 1.36 bits per heavy atom. The SMILES string of the molecule is BrCc1ccc(CI)cc1Br. The molecule has 1 aromatic carbocycles. The van der Waals surface area contributed by atoms with E-state index in [9.17, 15) is 0 Å². The van der Waals surface area contributed by atoms with Gasteiger partial charge in [-0.25, -0.2) is 0 Å². The topological polar surface area (TPSA) is 0 Å². The number of halogens is 3. The molecule has 0 bridgehead atoms. The predicted octanol–water partition coefficient (Wildman–Crippen LogP) is 4.28. The monoisotopic (exact) mass is 388 g/mol. The van der Waals surface area contributed by atoms with Crippen molar-refractivity contribution in [2.24, 2.45) is 0 Å². The summed E-state index contributed by atoms with van der Waals surface area (Å²) < 4.78 is 2.27. The van der Waals surface area contributed by atoms with Crippen LogP contribution in [0.4, 0.5) is 0 Å². The Balaban J connectivity index is 2.99. The van der Waals surface area contributed by atoms with E-state index >= 15 is 0 Å². The van der Waals surface area contributed by atoms with Gasteiger partial charge in [-0.3, -0.25) is 0 Å². The van der Waals surface area contributed by atoms with Gasteiger partial charge in [0.25, 0.3) is 0 Å². The molecule has 0 aliphatic rings. The van der Waals surface area contributed by atoms with Crippen molar-refractivity contribution in [2.75, 3.05) is 0 Å². The van der Waals surface area contributed by atoms with E-state index in [4.69, 9.17) is 0 Å². The van der Waals surface area contributed by atoms with Crippen LogP contribution in [-0.4, -0.2) is 0 Å². The second-order valence-corrected chi connectivity index (χ2v) is 4.37. The van der Waals surface area contributed by atoms with Crippen LogP contribution in [-0.2, 0) is 9.76 Å². The molecule has 0 saturated heterocycles. The lowest BCUT2D eigenvalue weighted by atomic mass is 10.2. The summed E-state index contributed by atoms with van der Waals surface area (Å²) >= 11 is 9.30. The third-order valence-corrected chi connectivity index (χ3v) is 3.64. The van der Waals surface area contributed by atoms with Gasteiger partial charge in [-0.15, -0.1) is 0 Å². The summed E-state index contributed by atoms with van der Waals surface area (Å²) in [6.07, 6.45) is 0. The van der Waals surface area contributed by atoms with Gasteiger partial charge < -0.3 is 0 Å². The number of rotatable bonds is 2. The Bertz CT molecular complexity index is 248. The summed E-state index contributed by atoms with van der Waals surface area (Å²) in [6.45, 7) is 0. The first-order valence-corrected chi connectivity index (χ1v) is 6.61. The Morgan fingerprint density at radius 3 is 2.55 bits per heavy atom. The third-order valence-electron chi connectivity index (χ3n) is 1.42. The Hall–Kier alpha value is 0.910. The van der Waals surface area contributed by atoms with E-state index in [2.05, 4.69) is 72.6 Å². The summed E-state index contributed by atoms with van der Waals surface area (Å²) in [5.74, 6) is 0. The number of alkyl halides is 2. The van der Waals surface area contributed by atoms with Crippen LogP contribution in [0.15, 0.2) is 22.7 Å². The van der Waals surface area contributed by atoms with Crippen molar-refractivity contribution in [2.45, 2.75) is 9.76 Å². The summed E-state index contributed by atoms with van der Waals surface area (Å²) in [5.41, 5.74) is 2.67. The maximum Gasteiger partial charge on any atom is 0.0294 e. The molecule has 0 unspecified atom stereocenters. The fraction of sp³-hybridized carbons (Fsp3) is 0.250. The molecule has 0 amide bonds. The Labute approximate surface area is 97.2 Å². The van der Waals surface area contributed by atoms with Crippen molar-refractivity contribution >= 4 is 54.5 Å². The van der Waals surface area contributed by atoms with Crippen molar-refractivity contribution in [1.82, 2.24) is 0 Å². The van der Waals surface area contributed by atoms with E-state index < -0.39 is 0 Å². The number of benzene rings is 1. The fourth-order valence-corrected chi connectivity index (χ4v) is 2.69. The molecule has 0 fully saturated rings. The van der Waals surface area contributed by atoms with Crippen LogP contribution in [0.2, 0.25) is 0 Å². The molecule has 0 N–H and O–H groups in total. The molecule has 0 aliphatic carbocycles. The Morgan fingerprint density at radius 2 is 2.09 bits per heavy atom. The average molecular weight is 390 g/mol. The maximum atomic E-state index is 3.51. The van der Waals surface area contributed by atoms with Crippen molar-refractivity contribution in [3.63, 3.8) is 0 Å². The molecule has 1 aromatic rings. The predicted molar refractivity (Wildman–Crippen MR) is 64.5 cm³/mol. The molecule has 0 nitrogen and oxygen atoms in total. The van der Waals surface area contributed by atoms with Crippen LogP contribution in [0.1, 0.15) is 11.1 Å². The molecule has 0 aromatic heterocycles. The molecule has 0 radical (unpaired) electrons. The molecule has 11 heavy (non-hydrogen) atoms. The zero-order valence-electron chi connectivity index (χ0n) is 5.78. The van der Waals surface area contributed by atoms with Crippen LogP contribution >= 0.6 is 54.5 Å². The van der Waals surface area contributed by atoms with E-state index in [1.807, 2.05) is 0 Å². The highest BCUT2D eigenvalue weighted by Gasteiger charge is 1.98. The summed E-state index contributed by atoms with van der Waals surface area (Å²) in [6, 6.07) is 6.48. The molecule has 3 heteroatoms. The van der Waals surface area contributed by atoms with Crippen LogP contribution in [0, 0.1) is 0 Å². The lowest BCUT2D eigenvalue weighted by Crippen LogP contribution is -1.82. The van der Waals surface area contributed by atoms with E-state index in [1.54, 1.807) is 0 Å². The first-order chi connectivity index (χ1) is 5.27. The van der Waals surface area contributed by atoms with Gasteiger partial charge in [0.2, 0.25) is 0 Å². The molecule has 0 heterocycles. The molecule has 60 valence electrons. The highest BCUT2D eigenvalue weighted by molar-refractivity contribution is 14.1. The molecule has 0 spiro atoms. The standard InChI is InChI=1S/C8H7Br2I/c9-4-7-2-1-6(5-11)3-8(7)10/h1-3H,4-5H2. The largest absolute Gasteiger partial charge is 0.0876 e. The van der Waals surface area contributed by atoms with Crippen LogP contribution < -0.4 is 0 Å². The molecule has 0 atom stereocenters. The van der Waals surface area contributed by atoms with E-state index in [1.165, 1.54) is 15.6 Å². The minimum Gasteiger partial charge on any atom is -0.0876 e. The van der Waals surface area contributed by atoms with Gasteiger partial charge in [0.1, 0.15) is 0 Å². The zero-order valence-corrected chi connectivity index (χ0v) is 11.1. The number of hydrogen-bond donors (Lipinski definition) is 0. The highest BCUT2D eigenvalue weighted by Crippen LogP contribution is 2.21. The molecule has 0 saturated carbocycles. The third kappa shape index (κ3) is 2.70. The average Bonchev–Trinajstić information content (AvgIpc) is 2.04. The highest BCUT2D eigenvalue weighted by atomic mass is 127. The number of hydrogen-bond acceptors (Lipinski definition) is 0. The summed E-state index contributed by atoms with van der Waals surface area (Å²) in [7, 11) is 0.